The van der Waals surface area contributed by atoms with Crippen molar-refractivity contribution in [3.63, 3.8) is 0 Å². The van der Waals surface area contributed by atoms with Crippen LogP contribution in [0.2, 0.25) is 0 Å². The molecule has 0 unspecified atom stereocenters. The normalized spacial score (nSPS) is 10.3. The van der Waals surface area contributed by atoms with Gasteiger partial charge in [-0.3, -0.25) is 4.79 Å². The maximum Gasteiger partial charge on any atom is 0.270 e. The minimum atomic E-state index is -0.205. The second kappa shape index (κ2) is 8.06. The predicted molar refractivity (Wildman–Crippen MR) is 93.0 cm³/mol. The Kier molecular flexibility index (Phi) is 5.85. The summed E-state index contributed by atoms with van der Waals surface area (Å²) in [5, 5.41) is 14.7. The summed E-state index contributed by atoms with van der Waals surface area (Å²) in [6.07, 6.45) is 0.923. The first kappa shape index (κ1) is 17.4. The Morgan fingerprint density at radius 3 is 2.58 bits per heavy atom. The van der Waals surface area contributed by atoms with Crippen LogP contribution in [0.5, 0.6) is 0 Å². The number of amides is 1. The molecule has 0 saturated carbocycles. The average molecular weight is 323 g/mol. The van der Waals surface area contributed by atoms with Crippen molar-refractivity contribution in [2.75, 3.05) is 11.9 Å². The molecule has 0 atom stereocenters. The van der Waals surface area contributed by atoms with Gasteiger partial charge in [0.25, 0.3) is 5.91 Å². The highest BCUT2D eigenvalue weighted by Crippen LogP contribution is 2.14. The van der Waals surface area contributed by atoms with E-state index in [-0.39, 0.29) is 5.91 Å². The van der Waals surface area contributed by atoms with Crippen molar-refractivity contribution < 1.29 is 4.79 Å². The van der Waals surface area contributed by atoms with Gasteiger partial charge in [-0.15, -0.1) is 0 Å². The van der Waals surface area contributed by atoms with E-state index in [0.29, 0.717) is 35.4 Å². The monoisotopic (exact) mass is 323 g/mol. The molecule has 2 N–H and O–H groups in total. The SMILES string of the molecule is Cc1cc(C(=O)NCCC(C)C)nc(Nc2ccc(C#N)cc2)n1. The van der Waals surface area contributed by atoms with Gasteiger partial charge in [0.15, 0.2) is 0 Å². The quantitative estimate of drug-likeness (QED) is 0.852. The van der Waals surface area contributed by atoms with Crippen LogP contribution in [0.3, 0.4) is 0 Å². The number of rotatable bonds is 6. The molecule has 0 radical (unpaired) electrons. The highest BCUT2D eigenvalue weighted by Gasteiger charge is 2.10. The Balaban J connectivity index is 2.09. The molecule has 0 aliphatic carbocycles. The molecule has 0 bridgehead atoms. The van der Waals surface area contributed by atoms with Gasteiger partial charge in [-0.1, -0.05) is 13.8 Å². The maximum atomic E-state index is 12.2. The standard InChI is InChI=1S/C18H21N5O/c1-12(2)8-9-20-17(24)16-10-13(3)21-18(23-16)22-15-6-4-14(11-19)5-7-15/h4-7,10,12H,8-9H2,1-3H3,(H,20,24)(H,21,22,23). The summed E-state index contributed by atoms with van der Waals surface area (Å²) < 4.78 is 0. The van der Waals surface area contributed by atoms with Gasteiger partial charge >= 0.3 is 0 Å². The molecule has 0 saturated heterocycles. The molecule has 1 aromatic carbocycles. The number of hydrogen-bond acceptors (Lipinski definition) is 5. The Labute approximate surface area is 142 Å². The number of benzene rings is 1. The molecule has 1 heterocycles. The molecular weight excluding hydrogens is 302 g/mol. The number of carbonyl (C=O) groups excluding carboxylic acids is 1. The Morgan fingerprint density at radius 1 is 1.25 bits per heavy atom. The zero-order valence-corrected chi connectivity index (χ0v) is 14.1. The van der Waals surface area contributed by atoms with Gasteiger partial charge in [0.1, 0.15) is 5.69 Å². The lowest BCUT2D eigenvalue weighted by molar-refractivity contribution is 0.0947. The van der Waals surface area contributed by atoms with Crippen molar-refractivity contribution in [2.24, 2.45) is 5.92 Å². The molecule has 2 rings (SSSR count). The first-order valence-electron chi connectivity index (χ1n) is 7.89. The third kappa shape index (κ3) is 5.06. The van der Waals surface area contributed by atoms with Crippen LogP contribution < -0.4 is 10.6 Å². The van der Waals surface area contributed by atoms with Crippen molar-refractivity contribution in [2.45, 2.75) is 27.2 Å². The van der Waals surface area contributed by atoms with Crippen LogP contribution in [0, 0.1) is 24.2 Å². The second-order valence-corrected chi connectivity index (χ2v) is 5.97. The summed E-state index contributed by atoms with van der Waals surface area (Å²) in [6, 6.07) is 10.7. The number of nitrogens with one attached hydrogen (secondary N) is 2. The Hall–Kier alpha value is -2.94. The molecule has 6 nitrogen and oxygen atoms in total. The third-order valence-electron chi connectivity index (χ3n) is 3.36. The van der Waals surface area contributed by atoms with E-state index in [0.717, 1.165) is 12.1 Å². The zero-order valence-electron chi connectivity index (χ0n) is 14.1. The zero-order chi connectivity index (χ0) is 17.5. The van der Waals surface area contributed by atoms with E-state index < -0.39 is 0 Å². The molecule has 0 fully saturated rings. The van der Waals surface area contributed by atoms with E-state index in [2.05, 4.69) is 40.5 Å². The minimum Gasteiger partial charge on any atom is -0.351 e. The van der Waals surface area contributed by atoms with Crippen LogP contribution in [0.15, 0.2) is 30.3 Å². The van der Waals surface area contributed by atoms with Crippen molar-refractivity contribution in [3.8, 4) is 6.07 Å². The fraction of sp³-hybridized carbons (Fsp3) is 0.333. The average Bonchev–Trinajstić information content (AvgIpc) is 2.54. The smallest absolute Gasteiger partial charge is 0.270 e. The predicted octanol–water partition coefficient (Wildman–Crippen LogP) is 3.18. The van der Waals surface area contributed by atoms with Crippen LogP contribution in [0.4, 0.5) is 11.6 Å². The van der Waals surface area contributed by atoms with E-state index in [4.69, 9.17) is 5.26 Å². The highest BCUT2D eigenvalue weighted by molar-refractivity contribution is 5.92. The first-order chi connectivity index (χ1) is 11.5. The van der Waals surface area contributed by atoms with Gasteiger partial charge in [-0.05, 0) is 49.6 Å². The number of aryl methyl sites for hydroxylation is 1. The number of aromatic nitrogens is 2. The highest BCUT2D eigenvalue weighted by atomic mass is 16.1. The Morgan fingerprint density at radius 2 is 1.96 bits per heavy atom. The van der Waals surface area contributed by atoms with Gasteiger partial charge in [0.05, 0.1) is 11.6 Å². The van der Waals surface area contributed by atoms with E-state index in [9.17, 15) is 4.79 Å². The lowest BCUT2D eigenvalue weighted by Gasteiger charge is -2.09. The fourth-order valence-electron chi connectivity index (χ4n) is 2.06. The summed E-state index contributed by atoms with van der Waals surface area (Å²) >= 11 is 0. The van der Waals surface area contributed by atoms with Crippen LogP contribution in [0.25, 0.3) is 0 Å². The van der Waals surface area contributed by atoms with Gasteiger partial charge in [-0.2, -0.15) is 5.26 Å². The summed E-state index contributed by atoms with van der Waals surface area (Å²) in [6.45, 7) is 6.66. The summed E-state index contributed by atoms with van der Waals surface area (Å²) in [5.74, 6) is 0.684. The van der Waals surface area contributed by atoms with Crippen LogP contribution >= 0.6 is 0 Å². The third-order valence-corrected chi connectivity index (χ3v) is 3.36. The van der Waals surface area contributed by atoms with Gasteiger partial charge in [0, 0.05) is 17.9 Å². The molecule has 1 amide bonds. The molecule has 24 heavy (non-hydrogen) atoms. The molecule has 0 spiro atoms. The van der Waals surface area contributed by atoms with Crippen molar-refractivity contribution in [3.05, 3.63) is 47.3 Å². The van der Waals surface area contributed by atoms with Crippen molar-refractivity contribution in [1.29, 1.82) is 5.26 Å². The van der Waals surface area contributed by atoms with Crippen LogP contribution in [-0.2, 0) is 0 Å². The summed E-state index contributed by atoms with van der Waals surface area (Å²) in [7, 11) is 0. The Bertz CT molecular complexity index is 747. The molecule has 124 valence electrons. The topological polar surface area (TPSA) is 90.7 Å². The maximum absolute atomic E-state index is 12.2. The first-order valence-corrected chi connectivity index (χ1v) is 7.89. The van der Waals surface area contributed by atoms with Gasteiger partial charge in [-0.25, -0.2) is 9.97 Å². The van der Waals surface area contributed by atoms with E-state index in [1.165, 1.54) is 0 Å². The molecule has 0 aliphatic rings. The largest absolute Gasteiger partial charge is 0.351 e. The number of carbonyl (C=O) groups is 1. The number of hydrogen-bond donors (Lipinski definition) is 2. The molecule has 0 aliphatic heterocycles. The molecular formula is C18H21N5O. The second-order valence-electron chi connectivity index (χ2n) is 5.97. The van der Waals surface area contributed by atoms with Gasteiger partial charge < -0.3 is 10.6 Å². The van der Waals surface area contributed by atoms with Gasteiger partial charge in [0.2, 0.25) is 5.95 Å². The van der Waals surface area contributed by atoms with E-state index >= 15 is 0 Å². The molecule has 2 aromatic rings. The molecule has 1 aromatic heterocycles. The van der Waals surface area contributed by atoms with E-state index in [1.54, 1.807) is 30.3 Å². The summed E-state index contributed by atoms with van der Waals surface area (Å²) in [5.41, 5.74) is 2.37. The van der Waals surface area contributed by atoms with E-state index in [1.807, 2.05) is 6.92 Å². The minimum absolute atomic E-state index is 0.205. The number of nitrogens with zero attached hydrogens (tertiary/aromatic N) is 3. The fourth-order valence-corrected chi connectivity index (χ4v) is 2.06. The van der Waals surface area contributed by atoms with Crippen molar-refractivity contribution >= 4 is 17.5 Å². The lowest BCUT2D eigenvalue weighted by Crippen LogP contribution is -2.26. The van der Waals surface area contributed by atoms with Crippen molar-refractivity contribution in [1.82, 2.24) is 15.3 Å². The van der Waals surface area contributed by atoms with Crippen LogP contribution in [-0.4, -0.2) is 22.4 Å². The summed E-state index contributed by atoms with van der Waals surface area (Å²) in [4.78, 5) is 20.8. The van der Waals surface area contributed by atoms with Crippen LogP contribution in [0.1, 0.15) is 42.0 Å². The number of anilines is 2. The molecule has 6 heteroatoms. The lowest BCUT2D eigenvalue weighted by atomic mass is 10.1. The number of nitriles is 1.